The van der Waals surface area contributed by atoms with Crippen LogP contribution in [0.1, 0.15) is 43.7 Å². The number of ether oxygens (including phenoxy) is 2. The number of nitro benzene ring substituents is 1. The maximum absolute atomic E-state index is 13.0. The number of hydrogen-bond acceptors (Lipinski definition) is 6. The molecule has 0 aromatic heterocycles. The van der Waals surface area contributed by atoms with Gasteiger partial charge in [0.15, 0.2) is 0 Å². The van der Waals surface area contributed by atoms with Crippen LogP contribution < -0.4 is 10.1 Å². The number of amides is 1. The molecule has 0 aliphatic heterocycles. The SMILES string of the molecule is CCc1ccc(NC(=O)[C@H]2CCCC[C@@H]2C(=O)OCc2ccc(Oc3ccc([N+](=O)[O-])cc3)cc2)cc1. The van der Waals surface area contributed by atoms with Crippen LogP contribution in [-0.2, 0) is 27.4 Å². The molecule has 0 radical (unpaired) electrons. The van der Waals surface area contributed by atoms with Crippen molar-refractivity contribution < 1.29 is 24.0 Å². The summed E-state index contributed by atoms with van der Waals surface area (Å²) in [5.41, 5.74) is 2.71. The molecule has 1 fully saturated rings. The van der Waals surface area contributed by atoms with Crippen LogP contribution in [0.25, 0.3) is 0 Å². The maximum atomic E-state index is 13.0. The van der Waals surface area contributed by atoms with Crippen LogP contribution in [0.5, 0.6) is 11.5 Å². The first-order valence-corrected chi connectivity index (χ1v) is 12.5. The summed E-state index contributed by atoms with van der Waals surface area (Å²) >= 11 is 0. The Bertz CT molecular complexity index is 1220. The fourth-order valence-electron chi connectivity index (χ4n) is 4.47. The van der Waals surface area contributed by atoms with Crippen molar-refractivity contribution >= 4 is 23.3 Å². The van der Waals surface area contributed by atoms with E-state index in [1.165, 1.54) is 29.8 Å². The fourth-order valence-corrected chi connectivity index (χ4v) is 4.47. The number of non-ortho nitro benzene ring substituents is 1. The minimum Gasteiger partial charge on any atom is -0.461 e. The van der Waals surface area contributed by atoms with Gasteiger partial charge in [-0.25, -0.2) is 0 Å². The largest absolute Gasteiger partial charge is 0.461 e. The zero-order valence-electron chi connectivity index (χ0n) is 20.7. The predicted molar refractivity (Wildman–Crippen MR) is 139 cm³/mol. The molecular formula is C29H30N2O6. The van der Waals surface area contributed by atoms with Gasteiger partial charge in [0.25, 0.3) is 5.69 Å². The number of esters is 1. The minimum absolute atomic E-state index is 0.00664. The second kappa shape index (κ2) is 12.2. The Labute approximate surface area is 215 Å². The first kappa shape index (κ1) is 25.9. The van der Waals surface area contributed by atoms with Gasteiger partial charge < -0.3 is 14.8 Å². The highest BCUT2D eigenvalue weighted by Gasteiger charge is 2.36. The molecule has 8 heteroatoms. The van der Waals surface area contributed by atoms with Gasteiger partial charge in [-0.05, 0) is 66.8 Å². The van der Waals surface area contributed by atoms with Gasteiger partial charge in [-0.15, -0.1) is 0 Å². The molecule has 0 heterocycles. The van der Waals surface area contributed by atoms with Crippen molar-refractivity contribution in [2.75, 3.05) is 5.32 Å². The van der Waals surface area contributed by atoms with E-state index >= 15 is 0 Å². The first-order valence-electron chi connectivity index (χ1n) is 12.5. The van der Waals surface area contributed by atoms with Crippen LogP contribution in [0.4, 0.5) is 11.4 Å². The molecule has 1 amide bonds. The topological polar surface area (TPSA) is 108 Å². The van der Waals surface area contributed by atoms with Gasteiger partial charge in [-0.2, -0.15) is 0 Å². The van der Waals surface area contributed by atoms with Crippen molar-refractivity contribution in [1.82, 2.24) is 0 Å². The second-order valence-electron chi connectivity index (χ2n) is 9.14. The average Bonchev–Trinajstić information content (AvgIpc) is 2.93. The highest BCUT2D eigenvalue weighted by molar-refractivity contribution is 5.95. The average molecular weight is 503 g/mol. The molecule has 0 unspecified atom stereocenters. The summed E-state index contributed by atoms with van der Waals surface area (Å²) in [6.07, 6.45) is 4.03. The Kier molecular flexibility index (Phi) is 8.51. The molecule has 3 aromatic carbocycles. The third kappa shape index (κ3) is 6.94. The third-order valence-electron chi connectivity index (χ3n) is 6.62. The summed E-state index contributed by atoms with van der Waals surface area (Å²) in [7, 11) is 0. The van der Waals surface area contributed by atoms with Crippen LogP contribution >= 0.6 is 0 Å². The molecule has 192 valence electrons. The van der Waals surface area contributed by atoms with Gasteiger partial charge in [0.2, 0.25) is 5.91 Å². The van der Waals surface area contributed by atoms with E-state index in [9.17, 15) is 19.7 Å². The monoisotopic (exact) mass is 502 g/mol. The summed E-state index contributed by atoms with van der Waals surface area (Å²) in [5.74, 6) is -0.336. The maximum Gasteiger partial charge on any atom is 0.310 e. The smallest absolute Gasteiger partial charge is 0.310 e. The Morgan fingerprint density at radius 3 is 2.03 bits per heavy atom. The van der Waals surface area contributed by atoms with Crippen LogP contribution in [-0.4, -0.2) is 16.8 Å². The van der Waals surface area contributed by atoms with Crippen molar-refractivity contribution in [2.24, 2.45) is 11.8 Å². The second-order valence-corrected chi connectivity index (χ2v) is 9.14. The van der Waals surface area contributed by atoms with E-state index in [-0.39, 0.29) is 24.2 Å². The summed E-state index contributed by atoms with van der Waals surface area (Å²) < 4.78 is 11.3. The van der Waals surface area contributed by atoms with Crippen molar-refractivity contribution in [2.45, 2.75) is 45.6 Å². The van der Waals surface area contributed by atoms with Crippen LogP contribution in [0.3, 0.4) is 0 Å². The van der Waals surface area contributed by atoms with Crippen molar-refractivity contribution in [3.8, 4) is 11.5 Å². The Morgan fingerprint density at radius 1 is 0.865 bits per heavy atom. The summed E-state index contributed by atoms with van der Waals surface area (Å²) in [5, 5.41) is 13.7. The Hall–Kier alpha value is -4.20. The zero-order valence-corrected chi connectivity index (χ0v) is 20.7. The van der Waals surface area contributed by atoms with Crippen molar-refractivity contribution in [1.29, 1.82) is 0 Å². The molecule has 8 nitrogen and oxygen atoms in total. The van der Waals surface area contributed by atoms with Crippen molar-refractivity contribution in [3.63, 3.8) is 0 Å². The quantitative estimate of drug-likeness (QED) is 0.205. The molecular weight excluding hydrogens is 472 g/mol. The summed E-state index contributed by atoms with van der Waals surface area (Å²) in [6.45, 7) is 2.18. The standard InChI is InChI=1S/C29H30N2O6/c1-2-20-7-11-22(12-8-20)30-28(32)26-5-3-4-6-27(26)29(33)36-19-21-9-15-24(16-10-21)37-25-17-13-23(14-18-25)31(34)35/h7-18,26-27H,2-6,19H2,1H3,(H,30,32)/t26-,27-/m0/s1. The lowest BCUT2D eigenvalue weighted by molar-refractivity contribution is -0.384. The normalized spacial score (nSPS) is 17.0. The van der Waals surface area contributed by atoms with E-state index in [1.54, 1.807) is 24.3 Å². The van der Waals surface area contributed by atoms with E-state index in [0.29, 0.717) is 24.3 Å². The lowest BCUT2D eigenvalue weighted by Gasteiger charge is -2.29. The zero-order chi connectivity index (χ0) is 26.2. The van der Waals surface area contributed by atoms with Gasteiger partial charge in [0.1, 0.15) is 18.1 Å². The van der Waals surface area contributed by atoms with E-state index < -0.39 is 16.8 Å². The number of aryl methyl sites for hydroxylation is 1. The van der Waals surface area contributed by atoms with Gasteiger partial charge in [0.05, 0.1) is 16.8 Å². The van der Waals surface area contributed by atoms with Gasteiger partial charge >= 0.3 is 5.97 Å². The lowest BCUT2D eigenvalue weighted by atomic mass is 9.78. The Morgan fingerprint density at radius 2 is 1.43 bits per heavy atom. The van der Waals surface area contributed by atoms with Gasteiger partial charge in [0, 0.05) is 17.8 Å². The number of anilines is 1. The van der Waals surface area contributed by atoms with E-state index in [1.807, 2.05) is 24.3 Å². The Balaban J connectivity index is 1.31. The summed E-state index contributed by atoms with van der Waals surface area (Å²) in [6, 6.07) is 20.6. The fraction of sp³-hybridized carbons (Fsp3) is 0.310. The molecule has 0 spiro atoms. The molecule has 3 aromatic rings. The number of carbonyl (C=O) groups is 2. The minimum atomic E-state index is -0.465. The molecule has 37 heavy (non-hydrogen) atoms. The van der Waals surface area contributed by atoms with Crippen LogP contribution in [0.2, 0.25) is 0 Å². The van der Waals surface area contributed by atoms with Crippen LogP contribution in [0, 0.1) is 22.0 Å². The predicted octanol–water partition coefficient (Wildman–Crippen LogP) is 6.44. The number of nitrogens with one attached hydrogen (secondary N) is 1. The van der Waals surface area contributed by atoms with E-state index in [2.05, 4.69) is 12.2 Å². The molecule has 2 atom stereocenters. The number of carbonyl (C=O) groups excluding carboxylic acids is 2. The molecule has 1 saturated carbocycles. The molecule has 1 aliphatic carbocycles. The highest BCUT2D eigenvalue weighted by atomic mass is 16.6. The number of rotatable bonds is 9. The molecule has 0 saturated heterocycles. The van der Waals surface area contributed by atoms with E-state index in [0.717, 1.165) is 30.5 Å². The highest BCUT2D eigenvalue weighted by Crippen LogP contribution is 2.32. The lowest BCUT2D eigenvalue weighted by Crippen LogP contribution is -2.37. The third-order valence-corrected chi connectivity index (χ3v) is 6.62. The van der Waals surface area contributed by atoms with Gasteiger partial charge in [-0.1, -0.05) is 44.0 Å². The number of benzene rings is 3. The van der Waals surface area contributed by atoms with Crippen molar-refractivity contribution in [3.05, 3.63) is 94.0 Å². The first-order chi connectivity index (χ1) is 17.9. The summed E-state index contributed by atoms with van der Waals surface area (Å²) in [4.78, 5) is 36.2. The van der Waals surface area contributed by atoms with Crippen LogP contribution in [0.15, 0.2) is 72.8 Å². The van der Waals surface area contributed by atoms with Gasteiger partial charge in [-0.3, -0.25) is 19.7 Å². The number of nitro groups is 1. The molecule has 4 rings (SSSR count). The number of hydrogen-bond donors (Lipinski definition) is 1. The molecule has 1 aliphatic rings. The van der Waals surface area contributed by atoms with E-state index in [4.69, 9.17) is 9.47 Å². The molecule has 0 bridgehead atoms. The number of nitrogens with zero attached hydrogens (tertiary/aromatic N) is 1. The molecule has 1 N–H and O–H groups in total.